The molecule has 1 saturated heterocycles. The summed E-state index contributed by atoms with van der Waals surface area (Å²) in [4.78, 5) is 30.0. The van der Waals surface area contributed by atoms with Crippen LogP contribution >= 0.6 is 11.6 Å². The molecule has 0 bridgehead atoms. The van der Waals surface area contributed by atoms with Crippen LogP contribution in [0.1, 0.15) is 23.2 Å². The number of carbonyl (C=O) groups excluding carboxylic acids is 2. The van der Waals surface area contributed by atoms with Crippen molar-refractivity contribution in [1.29, 1.82) is 0 Å². The van der Waals surface area contributed by atoms with Gasteiger partial charge >= 0.3 is 0 Å². The third kappa shape index (κ3) is 3.69. The quantitative estimate of drug-likeness (QED) is 0.546. The summed E-state index contributed by atoms with van der Waals surface area (Å²) in [5.41, 5.74) is 1.28. The van der Waals surface area contributed by atoms with E-state index in [0.717, 1.165) is 16.7 Å². The van der Waals surface area contributed by atoms with Gasteiger partial charge in [-0.25, -0.2) is 0 Å². The maximum Gasteiger partial charge on any atom is 0.295 e. The minimum atomic E-state index is -0.468. The number of Topliss-reactive ketones (excluding diaryl/α,β-unsaturated/α-hetero) is 1. The Morgan fingerprint density at radius 2 is 1.74 bits per heavy atom. The predicted octanol–water partition coefficient (Wildman–Crippen LogP) is 4.07. The number of ether oxygens (including phenoxy) is 1. The van der Waals surface area contributed by atoms with Gasteiger partial charge in [-0.15, -0.1) is 0 Å². The minimum absolute atomic E-state index is 0.0263. The van der Waals surface area contributed by atoms with Gasteiger partial charge in [0.1, 0.15) is 11.9 Å². The number of H-pyrrole nitrogens is 1. The number of nitrogens with zero attached hydrogens (tertiary/aromatic N) is 1. The Hall–Kier alpha value is -2.79. The molecule has 0 saturated carbocycles. The number of halogens is 1. The zero-order valence-electron chi connectivity index (χ0n) is 14.7. The van der Waals surface area contributed by atoms with Crippen LogP contribution in [0.15, 0.2) is 54.7 Å². The van der Waals surface area contributed by atoms with Crippen LogP contribution < -0.4 is 4.74 Å². The number of para-hydroxylation sites is 1. The van der Waals surface area contributed by atoms with Gasteiger partial charge in [0, 0.05) is 48.1 Å². The van der Waals surface area contributed by atoms with Crippen LogP contribution in [0.25, 0.3) is 10.9 Å². The number of hydrogen-bond donors (Lipinski definition) is 1. The number of aromatic nitrogens is 1. The fourth-order valence-corrected chi connectivity index (χ4v) is 3.53. The summed E-state index contributed by atoms with van der Waals surface area (Å²) < 4.78 is 5.94. The van der Waals surface area contributed by atoms with Gasteiger partial charge in [-0.2, -0.15) is 0 Å². The highest BCUT2D eigenvalue weighted by Gasteiger charge is 2.29. The van der Waals surface area contributed by atoms with E-state index >= 15 is 0 Å². The Labute approximate surface area is 161 Å². The molecule has 2 heterocycles. The third-order valence-corrected chi connectivity index (χ3v) is 5.13. The summed E-state index contributed by atoms with van der Waals surface area (Å²) in [5, 5.41) is 1.44. The average molecular weight is 383 g/mol. The second-order valence-corrected chi connectivity index (χ2v) is 7.08. The number of amides is 1. The van der Waals surface area contributed by atoms with Gasteiger partial charge in [-0.3, -0.25) is 9.59 Å². The first-order valence-corrected chi connectivity index (χ1v) is 9.31. The number of fused-ring (bicyclic) bond motifs is 1. The van der Waals surface area contributed by atoms with Gasteiger partial charge in [0.15, 0.2) is 0 Å². The minimum Gasteiger partial charge on any atom is -0.490 e. The number of hydrogen-bond acceptors (Lipinski definition) is 3. The number of likely N-dealkylation sites (tertiary alicyclic amines) is 1. The van der Waals surface area contributed by atoms with E-state index in [2.05, 4.69) is 4.98 Å². The van der Waals surface area contributed by atoms with Crippen molar-refractivity contribution in [2.75, 3.05) is 13.1 Å². The predicted molar refractivity (Wildman–Crippen MR) is 104 cm³/mol. The molecule has 1 N–H and O–H groups in total. The highest BCUT2D eigenvalue weighted by Crippen LogP contribution is 2.23. The van der Waals surface area contributed by atoms with E-state index in [9.17, 15) is 9.59 Å². The van der Waals surface area contributed by atoms with Gasteiger partial charge < -0.3 is 14.6 Å². The van der Waals surface area contributed by atoms with Gasteiger partial charge in [0.05, 0.1) is 5.56 Å². The molecule has 6 heteroatoms. The summed E-state index contributed by atoms with van der Waals surface area (Å²) in [6, 6.07) is 14.7. The summed E-state index contributed by atoms with van der Waals surface area (Å²) >= 11 is 5.88. The zero-order chi connectivity index (χ0) is 18.8. The Kier molecular flexibility index (Phi) is 4.86. The fourth-order valence-electron chi connectivity index (χ4n) is 3.40. The molecule has 1 amide bonds. The number of nitrogens with one attached hydrogen (secondary N) is 1. The van der Waals surface area contributed by atoms with E-state index in [4.69, 9.17) is 16.3 Å². The number of piperidine rings is 1. The molecule has 27 heavy (non-hydrogen) atoms. The van der Waals surface area contributed by atoms with Crippen LogP contribution in [0, 0.1) is 0 Å². The van der Waals surface area contributed by atoms with Crippen LogP contribution in [0.2, 0.25) is 5.02 Å². The van der Waals surface area contributed by atoms with Crippen molar-refractivity contribution in [3.63, 3.8) is 0 Å². The molecule has 0 spiro atoms. The topological polar surface area (TPSA) is 62.4 Å². The lowest BCUT2D eigenvalue weighted by molar-refractivity contribution is -0.128. The first kappa shape index (κ1) is 17.6. The van der Waals surface area contributed by atoms with E-state index in [0.29, 0.717) is 36.5 Å². The molecule has 0 atom stereocenters. The summed E-state index contributed by atoms with van der Waals surface area (Å²) in [6.07, 6.45) is 3.02. The lowest BCUT2D eigenvalue weighted by atomic mass is 10.0. The normalized spacial score (nSPS) is 15.1. The molecule has 2 aromatic carbocycles. The summed E-state index contributed by atoms with van der Waals surface area (Å²) in [7, 11) is 0. The number of carbonyl (C=O) groups is 2. The van der Waals surface area contributed by atoms with Gasteiger partial charge in [0.25, 0.3) is 11.7 Å². The van der Waals surface area contributed by atoms with E-state index < -0.39 is 11.7 Å². The standard InChI is InChI=1S/C21H19ClN2O3/c22-14-5-7-15(8-6-14)27-16-9-11-24(12-10-16)21(26)20(25)18-13-23-19-4-2-1-3-17(18)19/h1-8,13,16,23H,9-12H2. The van der Waals surface area contributed by atoms with Crippen molar-refractivity contribution in [3.8, 4) is 5.75 Å². The van der Waals surface area contributed by atoms with Crippen LogP contribution in [0.5, 0.6) is 5.75 Å². The Balaban J connectivity index is 1.38. The molecule has 4 rings (SSSR count). The largest absolute Gasteiger partial charge is 0.490 e. The molecule has 138 valence electrons. The molecule has 3 aromatic rings. The molecule has 1 aromatic heterocycles. The highest BCUT2D eigenvalue weighted by atomic mass is 35.5. The van der Waals surface area contributed by atoms with E-state index in [1.54, 1.807) is 23.2 Å². The highest BCUT2D eigenvalue weighted by molar-refractivity contribution is 6.44. The molecule has 5 nitrogen and oxygen atoms in total. The molecule has 0 unspecified atom stereocenters. The lowest BCUT2D eigenvalue weighted by Crippen LogP contribution is -2.44. The fraction of sp³-hybridized carbons (Fsp3) is 0.238. The molecule has 0 aliphatic carbocycles. The van der Waals surface area contributed by atoms with Crippen molar-refractivity contribution in [2.45, 2.75) is 18.9 Å². The summed E-state index contributed by atoms with van der Waals surface area (Å²) in [6.45, 7) is 1.01. The van der Waals surface area contributed by atoms with Gasteiger partial charge in [0.2, 0.25) is 0 Å². The number of ketones is 1. The van der Waals surface area contributed by atoms with Crippen molar-refractivity contribution in [1.82, 2.24) is 9.88 Å². The maximum absolute atomic E-state index is 12.7. The van der Waals surface area contributed by atoms with E-state index in [1.165, 1.54) is 0 Å². The second kappa shape index (κ2) is 7.45. The van der Waals surface area contributed by atoms with Crippen LogP contribution in [0.3, 0.4) is 0 Å². The third-order valence-electron chi connectivity index (χ3n) is 4.87. The van der Waals surface area contributed by atoms with Gasteiger partial charge in [-0.1, -0.05) is 29.8 Å². The molecule has 1 fully saturated rings. The smallest absolute Gasteiger partial charge is 0.295 e. The number of benzene rings is 2. The monoisotopic (exact) mass is 382 g/mol. The summed E-state index contributed by atoms with van der Waals surface area (Å²) in [5.74, 6) is -0.159. The van der Waals surface area contributed by atoms with Crippen molar-refractivity contribution in [3.05, 3.63) is 65.3 Å². The zero-order valence-corrected chi connectivity index (χ0v) is 15.4. The Morgan fingerprint density at radius 1 is 1.04 bits per heavy atom. The molecular weight excluding hydrogens is 364 g/mol. The maximum atomic E-state index is 12.7. The first-order chi connectivity index (χ1) is 13.1. The average Bonchev–Trinajstić information content (AvgIpc) is 3.13. The van der Waals surface area contributed by atoms with Crippen LogP contribution in [0.4, 0.5) is 0 Å². The molecule has 0 radical (unpaired) electrons. The Bertz CT molecular complexity index is 973. The molecule has 1 aliphatic rings. The SMILES string of the molecule is O=C(C(=O)N1CCC(Oc2ccc(Cl)cc2)CC1)c1c[nH]c2ccccc12. The number of aromatic amines is 1. The van der Waals surface area contributed by atoms with Crippen molar-refractivity contribution < 1.29 is 14.3 Å². The van der Waals surface area contributed by atoms with Crippen LogP contribution in [-0.4, -0.2) is 40.8 Å². The Morgan fingerprint density at radius 3 is 2.48 bits per heavy atom. The number of rotatable bonds is 4. The van der Waals surface area contributed by atoms with Crippen molar-refractivity contribution in [2.24, 2.45) is 0 Å². The van der Waals surface area contributed by atoms with E-state index in [1.807, 2.05) is 36.4 Å². The second-order valence-electron chi connectivity index (χ2n) is 6.64. The lowest BCUT2D eigenvalue weighted by Gasteiger charge is -2.31. The molecular formula is C21H19ClN2O3. The molecule has 1 aliphatic heterocycles. The van der Waals surface area contributed by atoms with E-state index in [-0.39, 0.29) is 6.10 Å². The first-order valence-electron chi connectivity index (χ1n) is 8.94. The van der Waals surface area contributed by atoms with Crippen molar-refractivity contribution >= 4 is 34.2 Å². The van der Waals surface area contributed by atoms with Crippen LogP contribution in [-0.2, 0) is 4.79 Å². The van der Waals surface area contributed by atoms with Gasteiger partial charge in [-0.05, 0) is 30.3 Å².